The van der Waals surface area contributed by atoms with Crippen molar-refractivity contribution in [2.45, 2.75) is 50.5 Å². The van der Waals surface area contributed by atoms with E-state index < -0.39 is 16.9 Å². The molecule has 2 rings (SSSR count). The molecule has 0 aromatic heterocycles. The normalized spacial score (nSPS) is 16.9. The van der Waals surface area contributed by atoms with Crippen molar-refractivity contribution in [3.05, 3.63) is 34.9 Å². The molecule has 0 unspecified atom stereocenters. The number of hydrogen-bond donors (Lipinski definition) is 2. The third kappa shape index (κ3) is 3.38. The Morgan fingerprint density at radius 1 is 1.38 bits per heavy atom. The lowest BCUT2D eigenvalue weighted by molar-refractivity contribution is -0.139. The predicted molar refractivity (Wildman–Crippen MR) is 81.5 cm³/mol. The SMILES string of the molecule is CC(C)(CC(=O)O)NC(=O)C1(c2cccc(Cl)c2)CCC1. The summed E-state index contributed by atoms with van der Waals surface area (Å²) in [7, 11) is 0. The van der Waals surface area contributed by atoms with Crippen LogP contribution in [-0.4, -0.2) is 22.5 Å². The predicted octanol–water partition coefficient (Wildman–Crippen LogP) is 3.13. The molecule has 1 amide bonds. The molecule has 0 radical (unpaired) electrons. The lowest BCUT2D eigenvalue weighted by atomic mass is 9.63. The minimum absolute atomic E-state index is 0.107. The summed E-state index contributed by atoms with van der Waals surface area (Å²) in [4.78, 5) is 23.6. The second-order valence-corrected chi connectivity index (χ2v) is 6.79. The van der Waals surface area contributed by atoms with Gasteiger partial charge in [0.2, 0.25) is 5.91 Å². The number of rotatable bonds is 5. The van der Waals surface area contributed by atoms with Crippen molar-refractivity contribution in [3.8, 4) is 0 Å². The van der Waals surface area contributed by atoms with Crippen LogP contribution in [0.1, 0.15) is 45.1 Å². The summed E-state index contributed by atoms with van der Waals surface area (Å²) in [5, 5.41) is 12.4. The maximum absolute atomic E-state index is 12.7. The number of carboxylic acids is 1. The Morgan fingerprint density at radius 2 is 2.05 bits per heavy atom. The highest BCUT2D eigenvalue weighted by molar-refractivity contribution is 6.30. The van der Waals surface area contributed by atoms with Crippen molar-refractivity contribution >= 4 is 23.5 Å². The first kappa shape index (κ1) is 15.8. The van der Waals surface area contributed by atoms with Crippen LogP contribution in [0.4, 0.5) is 0 Å². The van der Waals surface area contributed by atoms with E-state index in [0.29, 0.717) is 5.02 Å². The van der Waals surface area contributed by atoms with Gasteiger partial charge in [0.1, 0.15) is 0 Å². The Balaban J connectivity index is 2.21. The van der Waals surface area contributed by atoms with Crippen LogP contribution in [0.25, 0.3) is 0 Å². The van der Waals surface area contributed by atoms with Gasteiger partial charge in [-0.3, -0.25) is 9.59 Å². The first-order chi connectivity index (χ1) is 9.75. The number of carbonyl (C=O) groups is 2. The van der Waals surface area contributed by atoms with E-state index in [4.69, 9.17) is 16.7 Å². The van der Waals surface area contributed by atoms with Gasteiger partial charge in [-0.2, -0.15) is 0 Å². The number of amides is 1. The molecule has 0 saturated heterocycles. The average molecular weight is 310 g/mol. The summed E-state index contributed by atoms with van der Waals surface area (Å²) in [5.74, 6) is -1.03. The van der Waals surface area contributed by atoms with Crippen LogP contribution in [0.3, 0.4) is 0 Å². The van der Waals surface area contributed by atoms with Crippen molar-refractivity contribution in [3.63, 3.8) is 0 Å². The number of nitrogens with one attached hydrogen (secondary N) is 1. The minimum Gasteiger partial charge on any atom is -0.481 e. The number of benzene rings is 1. The molecule has 4 nitrogen and oxygen atoms in total. The van der Waals surface area contributed by atoms with Crippen LogP contribution >= 0.6 is 11.6 Å². The average Bonchev–Trinajstić information content (AvgIpc) is 2.24. The first-order valence-electron chi connectivity index (χ1n) is 7.06. The molecule has 114 valence electrons. The van der Waals surface area contributed by atoms with E-state index >= 15 is 0 Å². The third-order valence-electron chi connectivity index (χ3n) is 4.06. The second-order valence-electron chi connectivity index (χ2n) is 6.35. The van der Waals surface area contributed by atoms with E-state index in [1.54, 1.807) is 19.9 Å². The Hall–Kier alpha value is -1.55. The van der Waals surface area contributed by atoms with Crippen molar-refractivity contribution < 1.29 is 14.7 Å². The highest BCUT2D eigenvalue weighted by Gasteiger charge is 2.47. The Labute approximate surface area is 129 Å². The molecule has 1 fully saturated rings. The van der Waals surface area contributed by atoms with E-state index in [9.17, 15) is 9.59 Å². The third-order valence-corrected chi connectivity index (χ3v) is 4.30. The molecule has 1 aromatic carbocycles. The van der Waals surface area contributed by atoms with Crippen LogP contribution in [0, 0.1) is 0 Å². The molecule has 5 heteroatoms. The zero-order valence-corrected chi connectivity index (χ0v) is 13.0. The molecule has 21 heavy (non-hydrogen) atoms. The topological polar surface area (TPSA) is 66.4 Å². The summed E-state index contributed by atoms with van der Waals surface area (Å²) < 4.78 is 0. The van der Waals surface area contributed by atoms with Crippen LogP contribution < -0.4 is 5.32 Å². The molecule has 1 aliphatic carbocycles. The maximum atomic E-state index is 12.7. The molecule has 0 heterocycles. The Morgan fingerprint density at radius 3 is 2.52 bits per heavy atom. The largest absolute Gasteiger partial charge is 0.481 e. The van der Waals surface area contributed by atoms with E-state index in [1.807, 2.05) is 18.2 Å². The fourth-order valence-electron chi connectivity index (χ4n) is 2.81. The van der Waals surface area contributed by atoms with Crippen LogP contribution in [0.2, 0.25) is 5.02 Å². The summed E-state index contributed by atoms with van der Waals surface area (Å²) in [6.07, 6.45) is 2.41. The number of carbonyl (C=O) groups excluding carboxylic acids is 1. The van der Waals surface area contributed by atoms with Gasteiger partial charge in [0, 0.05) is 10.6 Å². The lowest BCUT2D eigenvalue weighted by Gasteiger charge is -2.43. The molecule has 1 aromatic rings. The smallest absolute Gasteiger partial charge is 0.305 e. The molecule has 2 N–H and O–H groups in total. The molecule has 1 saturated carbocycles. The van der Waals surface area contributed by atoms with E-state index in [-0.39, 0.29) is 12.3 Å². The van der Waals surface area contributed by atoms with Gasteiger partial charge in [-0.25, -0.2) is 0 Å². The van der Waals surface area contributed by atoms with Gasteiger partial charge in [-0.05, 0) is 44.4 Å². The van der Waals surface area contributed by atoms with Gasteiger partial charge < -0.3 is 10.4 Å². The minimum atomic E-state index is -0.925. The van der Waals surface area contributed by atoms with Gasteiger partial charge in [0.15, 0.2) is 0 Å². The van der Waals surface area contributed by atoms with Gasteiger partial charge in [-0.1, -0.05) is 30.2 Å². The zero-order chi connectivity index (χ0) is 15.7. The van der Waals surface area contributed by atoms with Gasteiger partial charge in [-0.15, -0.1) is 0 Å². The Bertz CT molecular complexity index is 564. The van der Waals surface area contributed by atoms with Crippen LogP contribution in [0.5, 0.6) is 0 Å². The number of hydrogen-bond acceptors (Lipinski definition) is 2. The van der Waals surface area contributed by atoms with Gasteiger partial charge in [0.05, 0.1) is 11.8 Å². The highest BCUT2D eigenvalue weighted by atomic mass is 35.5. The zero-order valence-electron chi connectivity index (χ0n) is 12.3. The molecule has 0 spiro atoms. The van der Waals surface area contributed by atoms with Crippen molar-refractivity contribution in [2.75, 3.05) is 0 Å². The molecule has 0 atom stereocenters. The second kappa shape index (κ2) is 5.68. The quantitative estimate of drug-likeness (QED) is 0.878. The molecular weight excluding hydrogens is 290 g/mol. The molecular formula is C16H20ClNO3. The maximum Gasteiger partial charge on any atom is 0.305 e. The summed E-state index contributed by atoms with van der Waals surface area (Å²) in [5.41, 5.74) is -0.435. The van der Waals surface area contributed by atoms with E-state index in [1.165, 1.54) is 0 Å². The standard InChI is InChI=1S/C16H20ClNO3/c1-15(2,10-13(19)20)18-14(21)16(7-4-8-16)11-5-3-6-12(17)9-11/h3,5-6,9H,4,7-8,10H2,1-2H3,(H,18,21)(H,19,20). The van der Waals surface area contributed by atoms with Crippen molar-refractivity contribution in [1.82, 2.24) is 5.32 Å². The molecule has 1 aliphatic rings. The fraction of sp³-hybridized carbons (Fsp3) is 0.500. The van der Waals surface area contributed by atoms with Crippen molar-refractivity contribution in [2.24, 2.45) is 0 Å². The number of carboxylic acid groups (broad SMARTS) is 1. The summed E-state index contributed by atoms with van der Waals surface area (Å²) in [6, 6.07) is 7.36. The fourth-order valence-corrected chi connectivity index (χ4v) is 3.00. The van der Waals surface area contributed by atoms with Gasteiger partial charge >= 0.3 is 5.97 Å². The van der Waals surface area contributed by atoms with Crippen LogP contribution in [-0.2, 0) is 15.0 Å². The van der Waals surface area contributed by atoms with Gasteiger partial charge in [0.25, 0.3) is 0 Å². The monoisotopic (exact) mass is 309 g/mol. The molecule has 0 bridgehead atoms. The van der Waals surface area contributed by atoms with Crippen molar-refractivity contribution in [1.29, 1.82) is 0 Å². The van der Waals surface area contributed by atoms with E-state index in [0.717, 1.165) is 24.8 Å². The molecule has 0 aliphatic heterocycles. The summed E-state index contributed by atoms with van der Waals surface area (Å²) in [6.45, 7) is 3.45. The number of aliphatic carboxylic acids is 1. The van der Waals surface area contributed by atoms with Crippen LogP contribution in [0.15, 0.2) is 24.3 Å². The lowest BCUT2D eigenvalue weighted by Crippen LogP contribution is -2.55. The van der Waals surface area contributed by atoms with E-state index in [2.05, 4.69) is 5.32 Å². The Kier molecular flexibility index (Phi) is 4.28. The first-order valence-corrected chi connectivity index (χ1v) is 7.43. The summed E-state index contributed by atoms with van der Waals surface area (Å²) >= 11 is 6.03. The highest BCUT2D eigenvalue weighted by Crippen LogP contribution is 2.44. The number of halogens is 1.